The van der Waals surface area contributed by atoms with E-state index in [2.05, 4.69) is 36.4 Å². The number of hydrogen-bond acceptors (Lipinski definition) is 6. The summed E-state index contributed by atoms with van der Waals surface area (Å²) in [5.41, 5.74) is 2.58. The van der Waals surface area contributed by atoms with Gasteiger partial charge in [0.1, 0.15) is 11.3 Å². The van der Waals surface area contributed by atoms with E-state index in [-0.39, 0.29) is 5.91 Å². The van der Waals surface area contributed by atoms with Gasteiger partial charge in [0, 0.05) is 28.3 Å². The standard InChI is InChI=1S/C22H22BrN5O3/c1-13-4-5-14(20-26-19(31-27-20)6-8-22(2,3)30)10-16(13)25-21(29)17-12-24-18-11-15(23)7-9-28(17)18/h4-5,7,9-12,30H,6,8H2,1-3H3,(H,25,29). The van der Waals surface area contributed by atoms with Crippen LogP contribution in [0.2, 0.25) is 0 Å². The summed E-state index contributed by atoms with van der Waals surface area (Å²) in [7, 11) is 0. The van der Waals surface area contributed by atoms with Gasteiger partial charge in [-0.1, -0.05) is 33.2 Å². The maximum absolute atomic E-state index is 12.9. The molecule has 0 unspecified atom stereocenters. The fourth-order valence-electron chi connectivity index (χ4n) is 3.09. The molecule has 0 bridgehead atoms. The molecule has 0 aliphatic rings. The van der Waals surface area contributed by atoms with Crippen LogP contribution in [-0.2, 0) is 6.42 Å². The van der Waals surface area contributed by atoms with Gasteiger partial charge in [-0.05, 0) is 51.0 Å². The Bertz CT molecular complexity index is 1260. The number of halogens is 1. The number of fused-ring (bicyclic) bond motifs is 1. The van der Waals surface area contributed by atoms with Gasteiger partial charge >= 0.3 is 0 Å². The highest BCUT2D eigenvalue weighted by Crippen LogP contribution is 2.25. The zero-order valence-electron chi connectivity index (χ0n) is 17.4. The van der Waals surface area contributed by atoms with Gasteiger partial charge in [0.15, 0.2) is 0 Å². The minimum atomic E-state index is -0.802. The monoisotopic (exact) mass is 483 g/mol. The number of rotatable bonds is 6. The second-order valence-electron chi connectivity index (χ2n) is 8.02. The Labute approximate surface area is 187 Å². The van der Waals surface area contributed by atoms with Crippen LogP contribution in [0, 0.1) is 6.92 Å². The molecular weight excluding hydrogens is 462 g/mol. The van der Waals surface area contributed by atoms with Crippen molar-refractivity contribution in [1.82, 2.24) is 19.5 Å². The number of hydrogen-bond donors (Lipinski definition) is 2. The molecule has 0 saturated carbocycles. The van der Waals surface area contributed by atoms with Crippen molar-refractivity contribution in [1.29, 1.82) is 0 Å². The maximum atomic E-state index is 12.9. The highest BCUT2D eigenvalue weighted by molar-refractivity contribution is 9.10. The SMILES string of the molecule is Cc1ccc(-c2noc(CCC(C)(C)O)n2)cc1NC(=O)c1cnc2cc(Br)ccn12. The minimum Gasteiger partial charge on any atom is -0.390 e. The molecule has 4 aromatic rings. The summed E-state index contributed by atoms with van der Waals surface area (Å²) >= 11 is 3.41. The molecule has 0 aliphatic carbocycles. The van der Waals surface area contributed by atoms with Crippen molar-refractivity contribution in [3.8, 4) is 11.4 Å². The third-order valence-electron chi connectivity index (χ3n) is 4.87. The molecule has 1 aromatic carbocycles. The predicted molar refractivity (Wildman–Crippen MR) is 120 cm³/mol. The number of pyridine rings is 1. The van der Waals surface area contributed by atoms with Crippen LogP contribution in [0.3, 0.4) is 0 Å². The van der Waals surface area contributed by atoms with Crippen LogP contribution in [0.25, 0.3) is 17.0 Å². The quantitative estimate of drug-likeness (QED) is 0.420. The van der Waals surface area contributed by atoms with Crippen LogP contribution < -0.4 is 5.32 Å². The number of anilines is 1. The Morgan fingerprint density at radius 1 is 1.29 bits per heavy atom. The smallest absolute Gasteiger partial charge is 0.274 e. The van der Waals surface area contributed by atoms with Crippen molar-refractivity contribution in [2.45, 2.75) is 39.2 Å². The summed E-state index contributed by atoms with van der Waals surface area (Å²) in [6, 6.07) is 9.28. The average Bonchev–Trinajstić information content (AvgIpc) is 3.34. The first-order valence-electron chi connectivity index (χ1n) is 9.79. The Morgan fingerprint density at radius 3 is 2.87 bits per heavy atom. The van der Waals surface area contributed by atoms with Crippen LogP contribution in [0.4, 0.5) is 5.69 Å². The van der Waals surface area contributed by atoms with Gasteiger partial charge in [0.05, 0.1) is 11.8 Å². The van der Waals surface area contributed by atoms with Crippen molar-refractivity contribution in [2.24, 2.45) is 0 Å². The lowest BCUT2D eigenvalue weighted by molar-refractivity contribution is 0.0689. The molecule has 3 aromatic heterocycles. The largest absolute Gasteiger partial charge is 0.390 e. The van der Waals surface area contributed by atoms with E-state index >= 15 is 0 Å². The first kappa shape index (κ1) is 21.2. The highest BCUT2D eigenvalue weighted by Gasteiger charge is 2.17. The number of carbonyl (C=O) groups excluding carboxylic acids is 1. The number of amides is 1. The van der Waals surface area contributed by atoms with Gasteiger partial charge in [-0.3, -0.25) is 9.20 Å². The lowest BCUT2D eigenvalue weighted by Crippen LogP contribution is -2.19. The predicted octanol–water partition coefficient (Wildman–Crippen LogP) is 4.41. The zero-order valence-corrected chi connectivity index (χ0v) is 19.0. The van der Waals surface area contributed by atoms with Gasteiger partial charge in [0.2, 0.25) is 11.7 Å². The van der Waals surface area contributed by atoms with E-state index in [1.54, 1.807) is 30.6 Å². The minimum absolute atomic E-state index is 0.269. The van der Waals surface area contributed by atoms with Crippen molar-refractivity contribution < 1.29 is 14.4 Å². The van der Waals surface area contributed by atoms with E-state index in [1.165, 1.54) is 0 Å². The van der Waals surface area contributed by atoms with Crippen LogP contribution in [0.5, 0.6) is 0 Å². The third-order valence-corrected chi connectivity index (χ3v) is 5.36. The van der Waals surface area contributed by atoms with E-state index in [1.807, 2.05) is 37.3 Å². The Hall–Kier alpha value is -3.04. The van der Waals surface area contributed by atoms with Crippen LogP contribution in [0.1, 0.15) is 42.2 Å². The number of aryl methyl sites for hydroxylation is 2. The number of benzene rings is 1. The number of nitrogens with one attached hydrogen (secondary N) is 1. The number of aromatic nitrogens is 4. The number of imidazole rings is 1. The Kier molecular flexibility index (Phi) is 5.63. The molecule has 2 N–H and O–H groups in total. The third kappa shape index (κ3) is 4.83. The van der Waals surface area contributed by atoms with Crippen LogP contribution in [0.15, 0.2) is 51.7 Å². The molecule has 4 rings (SSSR count). The van der Waals surface area contributed by atoms with E-state index in [4.69, 9.17) is 4.52 Å². The molecule has 0 saturated heterocycles. The van der Waals surface area contributed by atoms with Gasteiger partial charge in [-0.15, -0.1) is 0 Å². The lowest BCUT2D eigenvalue weighted by atomic mass is 10.0. The summed E-state index contributed by atoms with van der Waals surface area (Å²) in [6.45, 7) is 5.39. The first-order valence-corrected chi connectivity index (χ1v) is 10.6. The van der Waals surface area contributed by atoms with Gasteiger partial charge in [0.25, 0.3) is 5.91 Å². The molecule has 0 spiro atoms. The van der Waals surface area contributed by atoms with Crippen LogP contribution >= 0.6 is 15.9 Å². The Morgan fingerprint density at radius 2 is 2.10 bits per heavy atom. The summed E-state index contributed by atoms with van der Waals surface area (Å²) < 4.78 is 7.93. The van der Waals surface area contributed by atoms with Crippen LogP contribution in [-0.4, -0.2) is 36.1 Å². The molecule has 8 nitrogen and oxygen atoms in total. The molecular formula is C22H22BrN5O3. The zero-order chi connectivity index (χ0) is 22.2. The van der Waals surface area contributed by atoms with E-state index in [0.717, 1.165) is 15.6 Å². The molecule has 0 aliphatic heterocycles. The topological polar surface area (TPSA) is 106 Å². The molecule has 9 heteroatoms. The maximum Gasteiger partial charge on any atom is 0.274 e. The molecule has 0 atom stereocenters. The summed E-state index contributed by atoms with van der Waals surface area (Å²) in [5, 5.41) is 16.9. The van der Waals surface area contributed by atoms with E-state index in [0.29, 0.717) is 41.6 Å². The van der Waals surface area contributed by atoms with Gasteiger partial charge in [-0.2, -0.15) is 4.98 Å². The molecule has 160 valence electrons. The molecule has 3 heterocycles. The van der Waals surface area contributed by atoms with Crippen molar-refractivity contribution in [3.05, 3.63) is 64.3 Å². The second kappa shape index (κ2) is 8.24. The molecule has 0 fully saturated rings. The number of aliphatic hydroxyl groups is 1. The van der Waals surface area contributed by atoms with Gasteiger partial charge < -0.3 is 14.9 Å². The summed E-state index contributed by atoms with van der Waals surface area (Å²) in [5.74, 6) is 0.620. The highest BCUT2D eigenvalue weighted by atomic mass is 79.9. The van der Waals surface area contributed by atoms with E-state index < -0.39 is 5.60 Å². The number of nitrogens with zero attached hydrogens (tertiary/aromatic N) is 4. The van der Waals surface area contributed by atoms with Crippen molar-refractivity contribution in [2.75, 3.05) is 5.32 Å². The first-order chi connectivity index (χ1) is 14.7. The molecule has 31 heavy (non-hydrogen) atoms. The summed E-state index contributed by atoms with van der Waals surface area (Å²) in [4.78, 5) is 21.6. The fraction of sp³-hybridized carbons (Fsp3) is 0.273. The van der Waals surface area contributed by atoms with E-state index in [9.17, 15) is 9.90 Å². The van der Waals surface area contributed by atoms with Crippen molar-refractivity contribution in [3.63, 3.8) is 0 Å². The normalized spacial score (nSPS) is 11.8. The molecule has 0 radical (unpaired) electrons. The average molecular weight is 484 g/mol. The molecule has 1 amide bonds. The number of carbonyl (C=O) groups is 1. The Balaban J connectivity index is 1.55. The fourth-order valence-corrected chi connectivity index (χ4v) is 3.42. The lowest BCUT2D eigenvalue weighted by Gasteiger charge is -2.14. The van der Waals surface area contributed by atoms with Crippen molar-refractivity contribution >= 4 is 33.2 Å². The second-order valence-corrected chi connectivity index (χ2v) is 8.94. The summed E-state index contributed by atoms with van der Waals surface area (Å²) in [6.07, 6.45) is 4.33. The van der Waals surface area contributed by atoms with Gasteiger partial charge in [-0.25, -0.2) is 4.98 Å².